The minimum absolute atomic E-state index is 0.0137. The zero-order valence-corrected chi connectivity index (χ0v) is 21.7. The summed E-state index contributed by atoms with van der Waals surface area (Å²) in [4.78, 5) is 32.9. The van der Waals surface area contributed by atoms with Crippen molar-refractivity contribution in [3.05, 3.63) is 75.9 Å². The van der Waals surface area contributed by atoms with Crippen molar-refractivity contribution >= 4 is 40.0 Å². The van der Waals surface area contributed by atoms with Gasteiger partial charge >= 0.3 is 0 Å². The first-order valence-corrected chi connectivity index (χ1v) is 12.5. The first-order valence-electron chi connectivity index (χ1n) is 12.1. The first kappa shape index (κ1) is 25.0. The number of hydrogen-bond donors (Lipinski definition) is 1. The van der Waals surface area contributed by atoms with E-state index < -0.39 is 11.4 Å². The summed E-state index contributed by atoms with van der Waals surface area (Å²) in [5, 5.41) is 3.83. The maximum absolute atomic E-state index is 14.7. The van der Waals surface area contributed by atoms with E-state index in [0.717, 1.165) is 42.3 Å². The van der Waals surface area contributed by atoms with Crippen molar-refractivity contribution in [2.24, 2.45) is 0 Å². The molecule has 1 fully saturated rings. The number of nitrogens with one attached hydrogen (secondary N) is 1. The van der Waals surface area contributed by atoms with Crippen molar-refractivity contribution in [1.29, 1.82) is 0 Å². The SMILES string of the molecule is CC(C)On1c(=O)c(-c2c(F)cccc2Cl)cc2cnc(Nc3ccc(N4CCN(C)CC4)cc3)nc21. The van der Waals surface area contributed by atoms with Crippen LogP contribution in [0.4, 0.5) is 21.7 Å². The van der Waals surface area contributed by atoms with Gasteiger partial charge in [0.15, 0.2) is 5.65 Å². The van der Waals surface area contributed by atoms with Gasteiger partial charge in [0, 0.05) is 54.7 Å². The van der Waals surface area contributed by atoms with Crippen molar-refractivity contribution in [3.8, 4) is 11.1 Å². The molecule has 1 aliphatic heterocycles. The van der Waals surface area contributed by atoms with Crippen LogP contribution in [-0.4, -0.2) is 58.9 Å². The monoisotopic (exact) mass is 522 g/mol. The van der Waals surface area contributed by atoms with Crippen LogP contribution in [0.15, 0.2) is 59.5 Å². The van der Waals surface area contributed by atoms with Crippen molar-refractivity contribution in [3.63, 3.8) is 0 Å². The number of rotatable bonds is 6. The fraction of sp³-hybridized carbons (Fsp3) is 0.296. The second kappa shape index (κ2) is 10.4. The minimum atomic E-state index is -0.598. The summed E-state index contributed by atoms with van der Waals surface area (Å²) < 4.78 is 15.7. The molecule has 1 aliphatic rings. The molecule has 5 rings (SSSR count). The first-order chi connectivity index (χ1) is 17.8. The van der Waals surface area contributed by atoms with E-state index in [2.05, 4.69) is 44.3 Å². The lowest BCUT2D eigenvalue weighted by atomic mass is 10.1. The average molecular weight is 523 g/mol. The number of benzene rings is 2. The molecule has 0 aliphatic carbocycles. The molecule has 4 aromatic rings. The van der Waals surface area contributed by atoms with Crippen LogP contribution in [0.25, 0.3) is 22.2 Å². The molecule has 2 aromatic carbocycles. The van der Waals surface area contributed by atoms with E-state index in [9.17, 15) is 9.18 Å². The molecule has 37 heavy (non-hydrogen) atoms. The summed E-state index contributed by atoms with van der Waals surface area (Å²) in [5.41, 5.74) is 1.76. The van der Waals surface area contributed by atoms with Crippen molar-refractivity contribution < 1.29 is 9.23 Å². The van der Waals surface area contributed by atoms with Gasteiger partial charge in [0.05, 0.1) is 10.6 Å². The summed E-state index contributed by atoms with van der Waals surface area (Å²) >= 11 is 6.25. The Bertz CT molecular complexity index is 1460. The van der Waals surface area contributed by atoms with Gasteiger partial charge < -0.3 is 20.0 Å². The lowest BCUT2D eigenvalue weighted by Gasteiger charge is -2.34. The van der Waals surface area contributed by atoms with Gasteiger partial charge in [-0.3, -0.25) is 4.79 Å². The molecule has 3 heterocycles. The van der Waals surface area contributed by atoms with Crippen LogP contribution in [0, 0.1) is 5.82 Å². The number of aromatic nitrogens is 3. The second-order valence-electron chi connectivity index (χ2n) is 9.34. The van der Waals surface area contributed by atoms with Crippen LogP contribution in [0.5, 0.6) is 0 Å². The van der Waals surface area contributed by atoms with Gasteiger partial charge in [0.2, 0.25) is 5.95 Å². The summed E-state index contributed by atoms with van der Waals surface area (Å²) in [6, 6.07) is 13.9. The number of anilines is 3. The number of halogens is 2. The predicted molar refractivity (Wildman–Crippen MR) is 145 cm³/mol. The molecule has 0 spiro atoms. The summed E-state index contributed by atoms with van der Waals surface area (Å²) in [7, 11) is 2.13. The van der Waals surface area contributed by atoms with E-state index in [4.69, 9.17) is 16.4 Å². The second-order valence-corrected chi connectivity index (χ2v) is 9.75. The molecule has 1 saturated heterocycles. The van der Waals surface area contributed by atoms with Gasteiger partial charge in [-0.2, -0.15) is 4.98 Å². The molecule has 0 unspecified atom stereocenters. The van der Waals surface area contributed by atoms with E-state index in [1.54, 1.807) is 20.0 Å². The summed E-state index contributed by atoms with van der Waals surface area (Å²) in [6.45, 7) is 7.65. The van der Waals surface area contributed by atoms with Crippen LogP contribution in [0.2, 0.25) is 5.02 Å². The standard InChI is InChI=1S/C27H28ClFN6O2/c1-17(2)37-35-25-18(15-21(26(35)36)24-22(28)5-4-6-23(24)29)16-30-27(32-25)31-19-7-9-20(10-8-19)34-13-11-33(3)12-14-34/h4-10,15-17H,11-14H2,1-3H3,(H,30,31,32). The fourth-order valence-corrected chi connectivity index (χ4v) is 4.59. The molecule has 0 bridgehead atoms. The van der Waals surface area contributed by atoms with Crippen LogP contribution in [0.3, 0.4) is 0 Å². The largest absolute Gasteiger partial charge is 0.406 e. The Morgan fingerprint density at radius 2 is 1.81 bits per heavy atom. The van der Waals surface area contributed by atoms with E-state index >= 15 is 0 Å². The van der Waals surface area contributed by atoms with Crippen LogP contribution >= 0.6 is 11.6 Å². The number of fused-ring (bicyclic) bond motifs is 1. The molecular weight excluding hydrogens is 495 g/mol. The molecule has 0 saturated carbocycles. The molecule has 0 amide bonds. The fourth-order valence-electron chi connectivity index (χ4n) is 4.32. The van der Waals surface area contributed by atoms with Gasteiger partial charge in [-0.25, -0.2) is 9.37 Å². The predicted octanol–water partition coefficient (Wildman–Crippen LogP) is 4.58. The Morgan fingerprint density at radius 3 is 2.49 bits per heavy atom. The Hall–Kier alpha value is -3.69. The lowest BCUT2D eigenvalue weighted by molar-refractivity contribution is 0.0609. The Labute approximate surface area is 219 Å². The molecule has 0 radical (unpaired) electrons. The summed E-state index contributed by atoms with van der Waals surface area (Å²) in [5.74, 6) is -0.295. The molecule has 0 atom stereocenters. The van der Waals surface area contributed by atoms with Gasteiger partial charge in [0.25, 0.3) is 5.56 Å². The van der Waals surface area contributed by atoms with Crippen LogP contribution in [-0.2, 0) is 0 Å². The van der Waals surface area contributed by atoms with E-state index in [1.807, 2.05) is 12.1 Å². The highest BCUT2D eigenvalue weighted by Gasteiger charge is 2.20. The smallest absolute Gasteiger partial charge is 0.293 e. The number of likely N-dealkylation sites (N-methyl/N-ethyl adjacent to an activating group) is 1. The summed E-state index contributed by atoms with van der Waals surface area (Å²) in [6.07, 6.45) is 1.24. The quantitative estimate of drug-likeness (QED) is 0.397. The Kier molecular flexibility index (Phi) is 6.99. The maximum Gasteiger partial charge on any atom is 0.293 e. The Morgan fingerprint density at radius 1 is 1.08 bits per heavy atom. The van der Waals surface area contributed by atoms with E-state index in [0.29, 0.717) is 11.3 Å². The van der Waals surface area contributed by atoms with Crippen LogP contribution in [0.1, 0.15) is 13.8 Å². The van der Waals surface area contributed by atoms with Gasteiger partial charge in [0.1, 0.15) is 11.9 Å². The Balaban J connectivity index is 1.49. The number of hydrogen-bond acceptors (Lipinski definition) is 7. The number of piperazine rings is 1. The van der Waals surface area contributed by atoms with Crippen molar-refractivity contribution in [1.82, 2.24) is 19.6 Å². The number of nitrogens with zero attached hydrogens (tertiary/aromatic N) is 5. The average Bonchev–Trinajstić information content (AvgIpc) is 2.87. The maximum atomic E-state index is 14.7. The van der Waals surface area contributed by atoms with Gasteiger partial charge in [-0.1, -0.05) is 17.7 Å². The highest BCUT2D eigenvalue weighted by molar-refractivity contribution is 6.33. The molecule has 192 valence electrons. The van der Waals surface area contributed by atoms with E-state index in [-0.39, 0.29) is 27.9 Å². The molecule has 8 nitrogen and oxygen atoms in total. The molecule has 10 heteroatoms. The van der Waals surface area contributed by atoms with Crippen molar-refractivity contribution in [2.75, 3.05) is 43.4 Å². The van der Waals surface area contributed by atoms with Crippen LogP contribution < -0.4 is 20.6 Å². The molecule has 2 aromatic heterocycles. The zero-order chi connectivity index (χ0) is 26.1. The normalized spacial score (nSPS) is 14.4. The van der Waals surface area contributed by atoms with Crippen molar-refractivity contribution in [2.45, 2.75) is 20.0 Å². The highest BCUT2D eigenvalue weighted by Crippen LogP contribution is 2.30. The van der Waals surface area contributed by atoms with Gasteiger partial charge in [-0.15, -0.1) is 4.73 Å². The third-order valence-electron chi connectivity index (χ3n) is 6.24. The molecular formula is C27H28ClFN6O2. The van der Waals surface area contributed by atoms with Gasteiger partial charge in [-0.05, 0) is 63.4 Å². The third-order valence-corrected chi connectivity index (χ3v) is 6.56. The number of pyridine rings is 1. The third kappa shape index (κ3) is 5.23. The van der Waals surface area contributed by atoms with E-state index in [1.165, 1.54) is 24.3 Å². The topological polar surface area (TPSA) is 75.5 Å². The zero-order valence-electron chi connectivity index (χ0n) is 20.9. The minimum Gasteiger partial charge on any atom is -0.406 e. The molecule has 1 N–H and O–H groups in total. The lowest BCUT2D eigenvalue weighted by Crippen LogP contribution is -2.44. The highest BCUT2D eigenvalue weighted by atomic mass is 35.5.